The van der Waals surface area contributed by atoms with Crippen molar-refractivity contribution in [2.45, 2.75) is 0 Å². The number of hydrogen-bond acceptors (Lipinski definition) is 5. The molecule has 21 heavy (non-hydrogen) atoms. The molecule has 0 aliphatic heterocycles. The van der Waals surface area contributed by atoms with Crippen LogP contribution in [0.1, 0.15) is 15.9 Å². The molecule has 104 valence electrons. The van der Waals surface area contributed by atoms with E-state index in [1.165, 1.54) is 14.2 Å². The smallest absolute Gasteiger partial charge is 0.194 e. The number of rotatable bonds is 2. The van der Waals surface area contributed by atoms with Crippen LogP contribution in [-0.4, -0.2) is 20.0 Å². The summed E-state index contributed by atoms with van der Waals surface area (Å²) in [5, 5.41) is 18.2. The van der Waals surface area contributed by atoms with Gasteiger partial charge in [-0.25, -0.2) is 0 Å². The summed E-state index contributed by atoms with van der Waals surface area (Å²) in [7, 11) is 2.96. The summed E-state index contributed by atoms with van der Waals surface area (Å²) in [6, 6.07) is 6.85. The number of ether oxygens (including phenoxy) is 2. The Balaban J connectivity index is 2.88. The van der Waals surface area contributed by atoms with Gasteiger partial charge in [0.25, 0.3) is 0 Å². The minimum atomic E-state index is -0.238. The molecule has 0 saturated carbocycles. The number of allylic oxidation sites excluding steroid dienone is 3. The molecule has 1 aliphatic carbocycles. The van der Waals surface area contributed by atoms with Crippen LogP contribution in [0.2, 0.25) is 0 Å². The molecule has 0 amide bonds. The second-order valence-electron chi connectivity index (χ2n) is 4.08. The van der Waals surface area contributed by atoms with Gasteiger partial charge in [-0.3, -0.25) is 4.79 Å². The lowest BCUT2D eigenvalue weighted by Crippen LogP contribution is -1.97. The Morgan fingerprint density at radius 1 is 1.14 bits per heavy atom. The van der Waals surface area contributed by atoms with Gasteiger partial charge in [0.05, 0.1) is 14.2 Å². The second kappa shape index (κ2) is 5.98. The molecule has 0 saturated heterocycles. The maximum absolute atomic E-state index is 12.4. The average Bonchev–Trinajstić information content (AvgIpc) is 2.79. The zero-order valence-corrected chi connectivity index (χ0v) is 13.4. The first-order valence-corrected chi connectivity index (χ1v) is 7.03. The molecule has 0 spiro atoms. The van der Waals surface area contributed by atoms with E-state index in [9.17, 15) is 4.79 Å². The van der Waals surface area contributed by atoms with Gasteiger partial charge < -0.3 is 9.47 Å². The lowest BCUT2D eigenvalue weighted by atomic mass is 10.0. The third-order valence-corrected chi connectivity index (χ3v) is 3.76. The standard InChI is InChI=1S/C15H9IN2O3/c1-20-12-3-9-10(4-13(12)21-2)15(19)11(5-16)14(9)8(6-17)7-18/h3-5H,1-2H3/b11-5-. The molecule has 1 aromatic carbocycles. The van der Waals surface area contributed by atoms with Crippen molar-refractivity contribution in [1.82, 2.24) is 0 Å². The third-order valence-electron chi connectivity index (χ3n) is 3.13. The zero-order chi connectivity index (χ0) is 15.6. The summed E-state index contributed by atoms with van der Waals surface area (Å²) in [6.45, 7) is 0. The fraction of sp³-hybridized carbons (Fsp3) is 0.133. The molecule has 5 nitrogen and oxygen atoms in total. The highest BCUT2D eigenvalue weighted by Gasteiger charge is 2.33. The zero-order valence-electron chi connectivity index (χ0n) is 11.2. The highest BCUT2D eigenvalue weighted by Crippen LogP contribution is 2.44. The van der Waals surface area contributed by atoms with Crippen LogP contribution in [0.3, 0.4) is 0 Å². The Morgan fingerprint density at radius 2 is 1.67 bits per heavy atom. The number of carbonyl (C=O) groups is 1. The number of hydrogen-bond donors (Lipinski definition) is 0. The van der Waals surface area contributed by atoms with Gasteiger partial charge in [-0.2, -0.15) is 10.5 Å². The quantitative estimate of drug-likeness (QED) is 0.439. The normalized spacial score (nSPS) is 14.4. The lowest BCUT2D eigenvalue weighted by molar-refractivity contribution is 0.104. The van der Waals surface area contributed by atoms with Crippen molar-refractivity contribution in [1.29, 1.82) is 10.5 Å². The Bertz CT molecular complexity index is 763. The Hall–Kier alpha value is -2.32. The summed E-state index contributed by atoms with van der Waals surface area (Å²) >= 11 is 1.92. The van der Waals surface area contributed by atoms with Crippen molar-refractivity contribution < 1.29 is 14.3 Å². The van der Waals surface area contributed by atoms with Crippen molar-refractivity contribution in [2.24, 2.45) is 0 Å². The van der Waals surface area contributed by atoms with Crippen molar-refractivity contribution in [3.8, 4) is 23.6 Å². The predicted molar refractivity (Wildman–Crippen MR) is 84.1 cm³/mol. The number of ketones is 1. The molecule has 0 atom stereocenters. The van der Waals surface area contributed by atoms with Gasteiger partial charge in [-0.1, -0.05) is 22.6 Å². The molecule has 1 aromatic rings. The molecule has 0 unspecified atom stereocenters. The van der Waals surface area contributed by atoms with E-state index in [4.69, 9.17) is 20.0 Å². The molecule has 6 heteroatoms. The van der Waals surface area contributed by atoms with Crippen molar-refractivity contribution >= 4 is 33.9 Å². The van der Waals surface area contributed by atoms with Gasteiger partial charge in [0.2, 0.25) is 0 Å². The predicted octanol–water partition coefficient (Wildman–Crippen LogP) is 3.02. The van der Waals surface area contributed by atoms with Crippen molar-refractivity contribution in [3.63, 3.8) is 0 Å². The van der Waals surface area contributed by atoms with Crippen LogP contribution >= 0.6 is 22.6 Å². The number of benzene rings is 1. The largest absolute Gasteiger partial charge is 0.493 e. The number of carbonyl (C=O) groups excluding carboxylic acids is 1. The van der Waals surface area contributed by atoms with E-state index < -0.39 is 0 Å². The Kier molecular flexibility index (Phi) is 4.29. The highest BCUT2D eigenvalue weighted by atomic mass is 127. The van der Waals surface area contributed by atoms with Crippen LogP contribution < -0.4 is 9.47 Å². The van der Waals surface area contributed by atoms with Gasteiger partial charge in [0.15, 0.2) is 17.3 Å². The van der Waals surface area contributed by atoms with E-state index in [2.05, 4.69) is 0 Å². The topological polar surface area (TPSA) is 83.1 Å². The number of nitriles is 2. The first kappa shape index (κ1) is 15.1. The number of methoxy groups -OCH3 is 2. The molecule has 0 bridgehead atoms. The lowest BCUT2D eigenvalue weighted by Gasteiger charge is -2.09. The highest BCUT2D eigenvalue weighted by molar-refractivity contribution is 14.1. The average molecular weight is 392 g/mol. The van der Waals surface area contributed by atoms with E-state index in [1.807, 2.05) is 34.7 Å². The van der Waals surface area contributed by atoms with Crippen molar-refractivity contribution in [2.75, 3.05) is 14.2 Å². The summed E-state index contributed by atoms with van der Waals surface area (Å²) in [5.41, 5.74) is 1.49. The van der Waals surface area contributed by atoms with E-state index in [-0.39, 0.29) is 11.4 Å². The van der Waals surface area contributed by atoms with Crippen LogP contribution in [0, 0.1) is 22.7 Å². The van der Waals surface area contributed by atoms with E-state index in [0.717, 1.165) is 0 Å². The molecule has 0 fully saturated rings. The number of halogens is 1. The third kappa shape index (κ3) is 2.28. The Morgan fingerprint density at radius 3 is 2.10 bits per heavy atom. The summed E-state index contributed by atoms with van der Waals surface area (Å²) < 4.78 is 12.0. The second-order valence-corrected chi connectivity index (χ2v) is 4.70. The van der Waals surface area contributed by atoms with Crippen molar-refractivity contribution in [3.05, 3.63) is 38.5 Å². The molecule has 1 aliphatic rings. The van der Waals surface area contributed by atoms with E-state index in [1.54, 1.807) is 16.2 Å². The summed E-state index contributed by atoms with van der Waals surface area (Å²) in [4.78, 5) is 12.4. The number of nitrogens with zero attached hydrogens (tertiary/aromatic N) is 2. The maximum Gasteiger partial charge on any atom is 0.194 e. The van der Waals surface area contributed by atoms with Gasteiger partial charge >= 0.3 is 0 Å². The molecular formula is C15H9IN2O3. The van der Waals surface area contributed by atoms with Crippen LogP contribution in [-0.2, 0) is 0 Å². The minimum absolute atomic E-state index is 0.0998. The number of Topliss-reactive ketones (excluding diaryl/α,β-unsaturated/α-hetero) is 1. The van der Waals surface area contributed by atoms with Gasteiger partial charge in [-0.15, -0.1) is 0 Å². The Labute approximate surface area is 135 Å². The maximum atomic E-state index is 12.4. The van der Waals surface area contributed by atoms with Crippen LogP contribution in [0.25, 0.3) is 5.57 Å². The molecule has 0 heterocycles. The summed E-state index contributed by atoms with van der Waals surface area (Å²) in [6.07, 6.45) is 0. The van der Waals surface area contributed by atoms with E-state index >= 15 is 0 Å². The molecule has 0 aromatic heterocycles. The first-order chi connectivity index (χ1) is 10.1. The fourth-order valence-corrected chi connectivity index (χ4v) is 2.78. The van der Waals surface area contributed by atoms with Crippen LogP contribution in [0.4, 0.5) is 0 Å². The monoisotopic (exact) mass is 392 g/mol. The van der Waals surface area contributed by atoms with Gasteiger partial charge in [-0.05, 0) is 21.8 Å². The fourth-order valence-electron chi connectivity index (χ4n) is 2.19. The summed E-state index contributed by atoms with van der Waals surface area (Å²) in [5.74, 6) is 0.624. The van der Waals surface area contributed by atoms with E-state index in [0.29, 0.717) is 33.8 Å². The van der Waals surface area contributed by atoms with Gasteiger partial charge in [0, 0.05) is 16.7 Å². The SMILES string of the molecule is COc1cc2c(cc1OC)C(=C(C#N)C#N)/C(=C/I)C2=O. The van der Waals surface area contributed by atoms with Crippen LogP contribution in [0.15, 0.2) is 27.4 Å². The molecular weight excluding hydrogens is 383 g/mol. The molecule has 2 rings (SSSR count). The first-order valence-electron chi connectivity index (χ1n) is 5.79. The van der Waals surface area contributed by atoms with Crippen LogP contribution in [0.5, 0.6) is 11.5 Å². The van der Waals surface area contributed by atoms with Gasteiger partial charge in [0.1, 0.15) is 17.7 Å². The number of fused-ring (bicyclic) bond motifs is 1. The minimum Gasteiger partial charge on any atom is -0.493 e. The molecule has 0 radical (unpaired) electrons. The molecule has 0 N–H and O–H groups in total.